The van der Waals surface area contributed by atoms with Gasteiger partial charge in [0.1, 0.15) is 0 Å². The summed E-state index contributed by atoms with van der Waals surface area (Å²) < 4.78 is 0. The summed E-state index contributed by atoms with van der Waals surface area (Å²) in [6.45, 7) is 0. The van der Waals surface area contributed by atoms with E-state index < -0.39 is 0 Å². The molecule has 0 aromatic rings. The molecule has 0 aromatic heterocycles. The third-order valence-corrected chi connectivity index (χ3v) is 5.70. The van der Waals surface area contributed by atoms with Crippen molar-refractivity contribution in [2.24, 2.45) is 0 Å². The van der Waals surface area contributed by atoms with E-state index in [4.69, 9.17) is 0 Å². The summed E-state index contributed by atoms with van der Waals surface area (Å²) in [5.74, 6) is 0. The minimum atomic E-state index is 0.161. The summed E-state index contributed by atoms with van der Waals surface area (Å²) in [5, 5.41) is 0. The predicted molar refractivity (Wildman–Crippen MR) is 30.6 cm³/mol. The van der Waals surface area contributed by atoms with Crippen LogP contribution in [0.5, 0.6) is 0 Å². The molecule has 1 aliphatic rings. The monoisotopic (exact) mass is 140 g/mol. The fourth-order valence-electron chi connectivity index (χ4n) is 1.06. The maximum atomic E-state index is 1.69. The van der Waals surface area contributed by atoms with Crippen LogP contribution in [0.3, 0.4) is 0 Å². The van der Waals surface area contributed by atoms with E-state index in [1.54, 1.807) is 29.2 Å². The van der Waals surface area contributed by atoms with Gasteiger partial charge in [-0.1, -0.05) is 0 Å². The van der Waals surface area contributed by atoms with Crippen molar-refractivity contribution in [2.75, 3.05) is 0 Å². The Balaban J connectivity index is 2.00. The van der Waals surface area contributed by atoms with Gasteiger partial charge in [0.25, 0.3) is 0 Å². The molecule has 0 aliphatic carbocycles. The molecule has 0 N–H and O–H groups in total. The Morgan fingerprint density at radius 2 is 1.50 bits per heavy atom. The summed E-state index contributed by atoms with van der Waals surface area (Å²) >= 11 is 0.161. The number of hydrogen-bond acceptors (Lipinski definition) is 0. The second-order valence-corrected chi connectivity index (χ2v) is 6.57. The maximum absolute atomic E-state index is 1.69. The fourth-order valence-corrected chi connectivity index (χ4v) is 4.77. The van der Waals surface area contributed by atoms with Gasteiger partial charge in [0.2, 0.25) is 0 Å². The minimum absolute atomic E-state index is 0.161. The third-order valence-electron chi connectivity index (χ3n) is 1.50. The normalized spacial score (nSPS) is 22.7. The average Bonchev–Trinajstić information content (AvgIpc) is 1.72. The summed E-state index contributed by atoms with van der Waals surface area (Å²) in [5.41, 5.74) is 0. The average molecular weight is 141 g/mol. The van der Waals surface area contributed by atoms with Crippen LogP contribution >= 0.6 is 0 Å². The molecule has 1 heterocycles. The molecule has 34 valence electrons. The number of rotatable bonds is 0. The van der Waals surface area contributed by atoms with Crippen LogP contribution in [-0.2, 0) is 0 Å². The van der Waals surface area contributed by atoms with E-state index in [0.717, 1.165) is 0 Å². The SMILES string of the molecule is C1C[CH2][GaH][CH2]C1. The van der Waals surface area contributed by atoms with Crippen molar-refractivity contribution < 1.29 is 0 Å². The van der Waals surface area contributed by atoms with Crippen molar-refractivity contribution >= 4 is 17.4 Å². The van der Waals surface area contributed by atoms with Gasteiger partial charge in [0, 0.05) is 0 Å². The van der Waals surface area contributed by atoms with E-state index in [1.807, 2.05) is 0 Å². The van der Waals surface area contributed by atoms with E-state index in [9.17, 15) is 0 Å². The van der Waals surface area contributed by atoms with Gasteiger partial charge in [-0.25, -0.2) is 0 Å². The van der Waals surface area contributed by atoms with Crippen LogP contribution in [0.25, 0.3) is 0 Å². The first kappa shape index (κ1) is 4.79. The molecule has 1 rings (SSSR count). The van der Waals surface area contributed by atoms with Crippen molar-refractivity contribution in [3.8, 4) is 0 Å². The molecular formula is C5H11Ga. The summed E-state index contributed by atoms with van der Waals surface area (Å²) in [6, 6.07) is 0. The Labute approximate surface area is 47.1 Å². The van der Waals surface area contributed by atoms with Gasteiger partial charge in [-0.2, -0.15) is 0 Å². The standard InChI is InChI=1S/C5H10.Ga.H/c1-3-5-4-2;;/h1-5H2;;. The molecule has 1 heteroatoms. The van der Waals surface area contributed by atoms with Crippen molar-refractivity contribution in [2.45, 2.75) is 29.2 Å². The zero-order chi connectivity index (χ0) is 4.24. The van der Waals surface area contributed by atoms with E-state index in [2.05, 4.69) is 0 Å². The Hall–Kier alpha value is 0.636. The van der Waals surface area contributed by atoms with Gasteiger partial charge in [-0.15, -0.1) is 0 Å². The molecule has 0 nitrogen and oxygen atoms in total. The van der Waals surface area contributed by atoms with E-state index in [0.29, 0.717) is 0 Å². The van der Waals surface area contributed by atoms with Crippen LogP contribution in [0.4, 0.5) is 0 Å². The molecule has 1 aliphatic heterocycles. The van der Waals surface area contributed by atoms with Crippen LogP contribution in [0.1, 0.15) is 19.3 Å². The van der Waals surface area contributed by atoms with E-state index in [1.165, 1.54) is 0 Å². The van der Waals surface area contributed by atoms with E-state index >= 15 is 0 Å². The van der Waals surface area contributed by atoms with Crippen molar-refractivity contribution in [1.82, 2.24) is 0 Å². The predicted octanol–water partition coefficient (Wildman–Crippen LogP) is 1.44. The number of hydrogen-bond donors (Lipinski definition) is 0. The van der Waals surface area contributed by atoms with Gasteiger partial charge in [-0.3, -0.25) is 0 Å². The molecular weight excluding hydrogens is 130 g/mol. The Morgan fingerprint density at radius 1 is 0.833 bits per heavy atom. The molecule has 0 unspecified atom stereocenters. The van der Waals surface area contributed by atoms with Gasteiger partial charge < -0.3 is 0 Å². The van der Waals surface area contributed by atoms with Crippen LogP contribution in [0.15, 0.2) is 0 Å². The molecule has 6 heavy (non-hydrogen) atoms. The second-order valence-electron chi connectivity index (χ2n) is 2.12. The molecule has 0 aromatic carbocycles. The van der Waals surface area contributed by atoms with Crippen molar-refractivity contribution in [3.63, 3.8) is 0 Å². The molecule has 0 saturated carbocycles. The third kappa shape index (κ3) is 1.39. The van der Waals surface area contributed by atoms with E-state index in [-0.39, 0.29) is 17.4 Å². The van der Waals surface area contributed by atoms with Crippen LogP contribution in [0, 0.1) is 0 Å². The topological polar surface area (TPSA) is 0 Å². The van der Waals surface area contributed by atoms with Crippen molar-refractivity contribution in [3.05, 3.63) is 0 Å². The van der Waals surface area contributed by atoms with Gasteiger partial charge in [-0.05, 0) is 0 Å². The van der Waals surface area contributed by atoms with Crippen LogP contribution in [0.2, 0.25) is 9.95 Å². The van der Waals surface area contributed by atoms with Crippen LogP contribution in [-0.4, -0.2) is 17.4 Å². The van der Waals surface area contributed by atoms with Gasteiger partial charge in [0.15, 0.2) is 0 Å². The molecule has 1 saturated heterocycles. The molecule has 1 fully saturated rings. The fraction of sp³-hybridized carbons (Fsp3) is 1.00. The summed E-state index contributed by atoms with van der Waals surface area (Å²) in [4.78, 5) is 3.38. The Morgan fingerprint density at radius 3 is 1.67 bits per heavy atom. The first-order chi connectivity index (χ1) is 3.00. The molecule has 0 atom stereocenters. The second kappa shape index (κ2) is 2.75. The quantitative estimate of drug-likeness (QED) is 0.447. The Bertz CT molecular complexity index is 19.4. The van der Waals surface area contributed by atoms with Crippen LogP contribution < -0.4 is 0 Å². The van der Waals surface area contributed by atoms with Gasteiger partial charge in [0.05, 0.1) is 0 Å². The first-order valence-electron chi connectivity index (χ1n) is 3.00. The Kier molecular flexibility index (Phi) is 2.19. The molecule has 0 bridgehead atoms. The zero-order valence-corrected chi connectivity index (χ0v) is 7.21. The first-order valence-corrected chi connectivity index (χ1v) is 7.20. The zero-order valence-electron chi connectivity index (χ0n) is 4.24. The summed E-state index contributed by atoms with van der Waals surface area (Å²) in [7, 11) is 0. The molecule has 0 amide bonds. The van der Waals surface area contributed by atoms with Gasteiger partial charge >= 0.3 is 46.6 Å². The van der Waals surface area contributed by atoms with Crippen molar-refractivity contribution in [1.29, 1.82) is 0 Å². The molecule has 0 spiro atoms. The molecule has 0 radical (unpaired) electrons. The summed E-state index contributed by atoms with van der Waals surface area (Å²) in [6.07, 6.45) is 4.71.